The minimum absolute atomic E-state index is 0.187. The van der Waals surface area contributed by atoms with Gasteiger partial charge < -0.3 is 18.9 Å². The van der Waals surface area contributed by atoms with Gasteiger partial charge in [0.2, 0.25) is 0 Å². The highest BCUT2D eigenvalue weighted by Crippen LogP contribution is 2.63. The lowest BCUT2D eigenvalue weighted by atomic mass is 10.1. The van der Waals surface area contributed by atoms with Crippen molar-refractivity contribution in [3.63, 3.8) is 0 Å². The summed E-state index contributed by atoms with van der Waals surface area (Å²) in [5, 5.41) is 0. The SMILES string of the molecule is COC(=O)C1(Cl)[C@@H](COCc2ccccc2)[C@@H]1c1ccc(OC)c(OC)c1. The van der Waals surface area contributed by atoms with E-state index in [1.54, 1.807) is 14.2 Å². The molecule has 0 spiro atoms. The molecule has 1 unspecified atom stereocenters. The second-order valence-electron chi connectivity index (χ2n) is 6.46. The summed E-state index contributed by atoms with van der Waals surface area (Å²) in [5.74, 6) is 0.361. The highest BCUT2D eigenvalue weighted by Gasteiger charge is 2.70. The third-order valence-corrected chi connectivity index (χ3v) is 5.63. The van der Waals surface area contributed by atoms with Crippen LogP contribution in [-0.2, 0) is 20.9 Å². The summed E-state index contributed by atoms with van der Waals surface area (Å²) in [6.07, 6.45) is 0. The fourth-order valence-electron chi connectivity index (χ4n) is 3.48. The predicted octanol–water partition coefficient (Wildman–Crippen LogP) is 3.78. The van der Waals surface area contributed by atoms with Crippen molar-refractivity contribution in [1.82, 2.24) is 0 Å². The van der Waals surface area contributed by atoms with E-state index in [4.69, 9.17) is 30.5 Å². The van der Waals surface area contributed by atoms with Gasteiger partial charge in [0.25, 0.3) is 0 Å². The van der Waals surface area contributed by atoms with E-state index in [0.29, 0.717) is 24.7 Å². The van der Waals surface area contributed by atoms with E-state index in [-0.39, 0.29) is 11.8 Å². The molecule has 0 N–H and O–H groups in total. The van der Waals surface area contributed by atoms with Crippen molar-refractivity contribution in [1.29, 1.82) is 0 Å². The van der Waals surface area contributed by atoms with E-state index in [2.05, 4.69) is 0 Å². The van der Waals surface area contributed by atoms with Crippen molar-refractivity contribution < 1.29 is 23.7 Å². The number of ether oxygens (including phenoxy) is 4. The van der Waals surface area contributed by atoms with Gasteiger partial charge in [-0.2, -0.15) is 0 Å². The molecule has 0 bridgehead atoms. The molecule has 27 heavy (non-hydrogen) atoms. The Labute approximate surface area is 164 Å². The summed E-state index contributed by atoms with van der Waals surface area (Å²) in [5.41, 5.74) is 1.96. The van der Waals surface area contributed by atoms with Crippen LogP contribution in [0.2, 0.25) is 0 Å². The molecule has 0 amide bonds. The molecule has 144 valence electrons. The summed E-state index contributed by atoms with van der Waals surface area (Å²) in [6, 6.07) is 15.4. The Morgan fingerprint density at radius 3 is 2.37 bits per heavy atom. The minimum atomic E-state index is -1.13. The average Bonchev–Trinajstić information content (AvgIpc) is 3.32. The van der Waals surface area contributed by atoms with Crippen LogP contribution >= 0.6 is 11.6 Å². The standard InChI is InChI=1S/C21H23ClO5/c1-24-17-10-9-15(11-18(17)25-2)19-16(21(19,22)20(23)26-3)13-27-12-14-7-5-4-6-8-14/h4-11,16,19H,12-13H2,1-3H3/t16-,19-,21?/m0/s1. The number of hydrogen-bond acceptors (Lipinski definition) is 5. The van der Waals surface area contributed by atoms with Crippen molar-refractivity contribution in [2.75, 3.05) is 27.9 Å². The maximum absolute atomic E-state index is 12.3. The zero-order valence-corrected chi connectivity index (χ0v) is 16.4. The van der Waals surface area contributed by atoms with Crippen LogP contribution in [0.4, 0.5) is 0 Å². The Morgan fingerprint density at radius 1 is 1.04 bits per heavy atom. The summed E-state index contributed by atoms with van der Waals surface area (Å²) in [7, 11) is 4.50. The third-order valence-electron chi connectivity index (χ3n) is 4.96. The molecule has 0 radical (unpaired) electrons. The van der Waals surface area contributed by atoms with Crippen LogP contribution in [0, 0.1) is 5.92 Å². The van der Waals surface area contributed by atoms with Gasteiger partial charge in [0, 0.05) is 11.8 Å². The zero-order chi connectivity index (χ0) is 19.4. The van der Waals surface area contributed by atoms with Crippen LogP contribution in [0.25, 0.3) is 0 Å². The molecule has 3 rings (SSSR count). The highest BCUT2D eigenvalue weighted by molar-refractivity contribution is 6.38. The summed E-state index contributed by atoms with van der Waals surface area (Å²) in [6.45, 7) is 0.816. The Morgan fingerprint density at radius 2 is 1.74 bits per heavy atom. The van der Waals surface area contributed by atoms with Crippen molar-refractivity contribution in [3.05, 3.63) is 59.7 Å². The largest absolute Gasteiger partial charge is 0.493 e. The molecule has 3 atom stereocenters. The molecule has 1 saturated carbocycles. The molecule has 2 aromatic rings. The molecule has 6 heteroatoms. The van der Waals surface area contributed by atoms with Gasteiger partial charge in [-0.15, -0.1) is 11.6 Å². The molecule has 1 aliphatic rings. The van der Waals surface area contributed by atoms with Crippen LogP contribution in [-0.4, -0.2) is 38.8 Å². The lowest BCUT2D eigenvalue weighted by Gasteiger charge is -2.10. The maximum atomic E-state index is 12.3. The molecular weight excluding hydrogens is 368 g/mol. The molecule has 2 aromatic carbocycles. The van der Waals surface area contributed by atoms with Crippen molar-refractivity contribution in [3.8, 4) is 11.5 Å². The fraction of sp³-hybridized carbons (Fsp3) is 0.381. The normalized spacial score (nSPS) is 23.6. The van der Waals surface area contributed by atoms with Gasteiger partial charge in [0.15, 0.2) is 16.4 Å². The maximum Gasteiger partial charge on any atom is 0.327 e. The van der Waals surface area contributed by atoms with E-state index >= 15 is 0 Å². The summed E-state index contributed by atoms with van der Waals surface area (Å²) in [4.78, 5) is 11.2. The molecule has 0 saturated heterocycles. The van der Waals surface area contributed by atoms with E-state index in [0.717, 1.165) is 11.1 Å². The Bertz CT molecular complexity index is 794. The Kier molecular flexibility index (Phi) is 5.92. The van der Waals surface area contributed by atoms with Crippen LogP contribution in [0.5, 0.6) is 11.5 Å². The third kappa shape index (κ3) is 3.75. The molecule has 1 aliphatic carbocycles. The monoisotopic (exact) mass is 390 g/mol. The van der Waals surface area contributed by atoms with Crippen LogP contribution in [0.15, 0.2) is 48.5 Å². The van der Waals surface area contributed by atoms with Gasteiger partial charge >= 0.3 is 5.97 Å². The number of benzene rings is 2. The van der Waals surface area contributed by atoms with Gasteiger partial charge in [-0.05, 0) is 23.3 Å². The van der Waals surface area contributed by atoms with Crippen molar-refractivity contribution >= 4 is 17.6 Å². The molecule has 0 heterocycles. The van der Waals surface area contributed by atoms with Gasteiger partial charge in [-0.1, -0.05) is 36.4 Å². The van der Waals surface area contributed by atoms with Crippen LogP contribution in [0.3, 0.4) is 0 Å². The lowest BCUT2D eigenvalue weighted by molar-refractivity contribution is -0.141. The van der Waals surface area contributed by atoms with Gasteiger partial charge in [0.1, 0.15) is 0 Å². The summed E-state index contributed by atoms with van der Waals surface area (Å²) >= 11 is 6.69. The highest BCUT2D eigenvalue weighted by atomic mass is 35.5. The molecule has 0 aliphatic heterocycles. The topological polar surface area (TPSA) is 54.0 Å². The zero-order valence-electron chi connectivity index (χ0n) is 15.6. The molecule has 0 aromatic heterocycles. The van der Waals surface area contributed by atoms with Crippen LogP contribution in [0.1, 0.15) is 17.0 Å². The second-order valence-corrected chi connectivity index (χ2v) is 7.08. The minimum Gasteiger partial charge on any atom is -0.493 e. The van der Waals surface area contributed by atoms with Crippen molar-refractivity contribution in [2.45, 2.75) is 17.4 Å². The number of esters is 1. The van der Waals surface area contributed by atoms with E-state index in [1.165, 1.54) is 7.11 Å². The summed E-state index contributed by atoms with van der Waals surface area (Å²) < 4.78 is 21.4. The van der Waals surface area contributed by atoms with E-state index in [1.807, 2.05) is 48.5 Å². The number of rotatable bonds is 8. The fourth-order valence-corrected chi connectivity index (χ4v) is 3.96. The Hall–Kier alpha value is -2.24. The second kappa shape index (κ2) is 8.19. The number of halogens is 1. The smallest absolute Gasteiger partial charge is 0.327 e. The van der Waals surface area contributed by atoms with Gasteiger partial charge in [-0.25, -0.2) is 0 Å². The van der Waals surface area contributed by atoms with E-state index < -0.39 is 10.8 Å². The van der Waals surface area contributed by atoms with Gasteiger partial charge in [0.05, 0.1) is 34.5 Å². The quantitative estimate of drug-likeness (QED) is 0.507. The van der Waals surface area contributed by atoms with Crippen molar-refractivity contribution in [2.24, 2.45) is 5.92 Å². The molecule has 5 nitrogen and oxygen atoms in total. The average molecular weight is 391 g/mol. The number of carbonyl (C=O) groups is 1. The number of methoxy groups -OCH3 is 3. The first-order valence-corrected chi connectivity index (χ1v) is 9.05. The molecular formula is C21H23ClO5. The van der Waals surface area contributed by atoms with Crippen LogP contribution < -0.4 is 9.47 Å². The van der Waals surface area contributed by atoms with E-state index in [9.17, 15) is 4.79 Å². The number of alkyl halides is 1. The Balaban J connectivity index is 1.76. The first-order valence-electron chi connectivity index (χ1n) is 8.67. The first-order chi connectivity index (χ1) is 13.1. The number of carbonyl (C=O) groups excluding carboxylic acids is 1. The van der Waals surface area contributed by atoms with Gasteiger partial charge in [-0.3, -0.25) is 4.79 Å². The lowest BCUT2D eigenvalue weighted by Crippen LogP contribution is -2.22. The molecule has 1 fully saturated rings. The predicted molar refractivity (Wildman–Crippen MR) is 102 cm³/mol. The number of hydrogen-bond donors (Lipinski definition) is 0. The first kappa shape index (κ1) is 19.5.